The van der Waals surface area contributed by atoms with Crippen LogP contribution in [-0.2, 0) is 27.6 Å². The summed E-state index contributed by atoms with van der Waals surface area (Å²) in [6, 6.07) is 9.58. The number of halogens is 1. The zero-order valence-electron chi connectivity index (χ0n) is 18.0. The second-order valence-corrected chi connectivity index (χ2v) is 12.6. The maximum Gasteiger partial charge on any atom is 0.250 e. The van der Waals surface area contributed by atoms with E-state index in [4.69, 9.17) is 21.1 Å². The lowest BCUT2D eigenvalue weighted by Gasteiger charge is -2.26. The number of benzene rings is 1. The van der Waals surface area contributed by atoms with Gasteiger partial charge in [0.05, 0.1) is 17.6 Å². The molecule has 1 aromatic heterocycles. The number of hydrogen-bond donors (Lipinski definition) is 1. The third-order valence-electron chi connectivity index (χ3n) is 6.95. The van der Waals surface area contributed by atoms with Gasteiger partial charge in [-0.05, 0) is 72.9 Å². The van der Waals surface area contributed by atoms with Crippen LogP contribution in [0.1, 0.15) is 24.0 Å². The van der Waals surface area contributed by atoms with E-state index in [1.165, 1.54) is 11.1 Å². The van der Waals surface area contributed by atoms with E-state index in [1.807, 2.05) is 0 Å². The molecule has 2 aromatic rings. The normalized spacial score (nSPS) is 26.0. The molecule has 2 bridgehead atoms. The molecule has 5 rings (SSSR count). The van der Waals surface area contributed by atoms with E-state index < -0.39 is 10.0 Å². The van der Waals surface area contributed by atoms with Gasteiger partial charge in [0.15, 0.2) is 0 Å². The smallest absolute Gasteiger partial charge is 0.250 e. The minimum absolute atomic E-state index is 0.0426. The number of nitrogens with one attached hydrogen (secondary N) is 1. The Morgan fingerprint density at radius 3 is 2.56 bits per heavy atom. The minimum atomic E-state index is -3.55. The summed E-state index contributed by atoms with van der Waals surface area (Å²) in [6.45, 7) is 5.09. The van der Waals surface area contributed by atoms with Gasteiger partial charge in [-0.3, -0.25) is 4.90 Å². The maximum absolute atomic E-state index is 12.9. The predicted octanol–water partition coefficient (Wildman–Crippen LogP) is 3.58. The van der Waals surface area contributed by atoms with Gasteiger partial charge in [-0.15, -0.1) is 11.3 Å². The summed E-state index contributed by atoms with van der Waals surface area (Å²) < 4.78 is 41.1. The van der Waals surface area contributed by atoms with Crippen LogP contribution < -0.4 is 9.46 Å². The summed E-state index contributed by atoms with van der Waals surface area (Å²) in [7, 11) is -3.55. The van der Waals surface area contributed by atoms with Gasteiger partial charge < -0.3 is 9.47 Å². The van der Waals surface area contributed by atoms with Crippen LogP contribution in [0.4, 0.5) is 0 Å². The van der Waals surface area contributed by atoms with Crippen molar-refractivity contribution >= 4 is 33.0 Å². The van der Waals surface area contributed by atoms with Gasteiger partial charge in [0.2, 0.25) is 10.0 Å². The van der Waals surface area contributed by atoms with Gasteiger partial charge >= 0.3 is 0 Å². The van der Waals surface area contributed by atoms with Crippen molar-refractivity contribution in [3.05, 3.63) is 45.8 Å². The van der Waals surface area contributed by atoms with Gasteiger partial charge in [0.1, 0.15) is 16.6 Å². The monoisotopic (exact) mass is 496 g/mol. The Bertz CT molecular complexity index is 1050. The summed E-state index contributed by atoms with van der Waals surface area (Å²) in [5.41, 5.74) is 2.62. The van der Waals surface area contributed by atoms with Crippen LogP contribution >= 0.6 is 22.9 Å². The fraction of sp³-hybridized carbons (Fsp3) is 0.565. The van der Waals surface area contributed by atoms with Crippen molar-refractivity contribution in [1.82, 2.24) is 9.62 Å². The van der Waals surface area contributed by atoms with Crippen LogP contribution in [0.5, 0.6) is 5.75 Å². The third-order valence-corrected chi connectivity index (χ3v) is 10.1. The van der Waals surface area contributed by atoms with Crippen LogP contribution in [0.2, 0.25) is 4.34 Å². The highest BCUT2D eigenvalue weighted by Crippen LogP contribution is 2.41. The molecule has 3 aliphatic rings. The van der Waals surface area contributed by atoms with Crippen LogP contribution in [0.15, 0.2) is 34.5 Å². The Morgan fingerprint density at radius 2 is 1.84 bits per heavy atom. The Hall–Kier alpha value is -1.16. The SMILES string of the molecule is O=S(=O)(NC1C2CCC1Cc1cc(OCCN3CCOCC3)ccc1C2)c1ccc(Cl)s1. The molecule has 1 saturated heterocycles. The van der Waals surface area contributed by atoms with E-state index in [0.29, 0.717) is 27.0 Å². The largest absolute Gasteiger partial charge is 0.492 e. The second kappa shape index (κ2) is 9.60. The number of ether oxygens (including phenoxy) is 2. The molecule has 6 nitrogen and oxygen atoms in total. The number of thiophene rings is 1. The van der Waals surface area contributed by atoms with Crippen molar-refractivity contribution in [3.8, 4) is 5.75 Å². The molecule has 2 aliphatic carbocycles. The first-order chi connectivity index (χ1) is 15.5. The number of sulfonamides is 1. The van der Waals surface area contributed by atoms with Gasteiger partial charge in [-0.2, -0.15) is 0 Å². The van der Waals surface area contributed by atoms with Crippen LogP contribution in [0.3, 0.4) is 0 Å². The first-order valence-electron chi connectivity index (χ1n) is 11.3. The molecule has 1 aliphatic heterocycles. The Labute approximate surface area is 198 Å². The molecule has 0 amide bonds. The molecule has 9 heteroatoms. The molecule has 2 heterocycles. The quantitative estimate of drug-likeness (QED) is 0.634. The highest BCUT2D eigenvalue weighted by Gasteiger charge is 2.41. The van der Waals surface area contributed by atoms with Gasteiger partial charge in [-0.25, -0.2) is 13.1 Å². The van der Waals surface area contributed by atoms with Crippen LogP contribution in [-0.4, -0.2) is 58.8 Å². The average Bonchev–Trinajstić information content (AvgIpc) is 3.33. The van der Waals surface area contributed by atoms with Gasteiger partial charge in [0, 0.05) is 25.7 Å². The summed E-state index contributed by atoms with van der Waals surface area (Å²) in [5, 5.41) is 0. The number of rotatable bonds is 7. The van der Waals surface area contributed by atoms with E-state index in [1.54, 1.807) is 12.1 Å². The Kier molecular flexibility index (Phi) is 6.79. The average molecular weight is 497 g/mol. The number of hydrogen-bond acceptors (Lipinski definition) is 6. The lowest BCUT2D eigenvalue weighted by atomic mass is 9.93. The Morgan fingerprint density at radius 1 is 1.09 bits per heavy atom. The van der Waals surface area contributed by atoms with Crippen molar-refractivity contribution in [1.29, 1.82) is 0 Å². The molecule has 3 unspecified atom stereocenters. The molecule has 32 heavy (non-hydrogen) atoms. The fourth-order valence-corrected chi connectivity index (χ4v) is 8.14. The van der Waals surface area contributed by atoms with Crippen molar-refractivity contribution in [2.45, 2.75) is 35.9 Å². The molecule has 174 valence electrons. The Balaban J connectivity index is 1.25. The molecule has 2 fully saturated rings. The van der Waals surface area contributed by atoms with E-state index in [-0.39, 0.29) is 6.04 Å². The van der Waals surface area contributed by atoms with Crippen LogP contribution in [0.25, 0.3) is 0 Å². The summed E-state index contributed by atoms with van der Waals surface area (Å²) in [4.78, 5) is 2.36. The lowest BCUT2D eigenvalue weighted by molar-refractivity contribution is 0.0322. The third kappa shape index (κ3) is 5.00. The van der Waals surface area contributed by atoms with Crippen molar-refractivity contribution in [2.75, 3.05) is 39.5 Å². The molecular formula is C23H29ClN2O4S2. The predicted molar refractivity (Wildman–Crippen MR) is 126 cm³/mol. The maximum atomic E-state index is 12.9. The number of nitrogens with zero attached hydrogens (tertiary/aromatic N) is 1. The van der Waals surface area contributed by atoms with E-state index in [0.717, 1.165) is 75.6 Å². The van der Waals surface area contributed by atoms with Crippen molar-refractivity contribution in [3.63, 3.8) is 0 Å². The van der Waals surface area contributed by atoms with Crippen molar-refractivity contribution < 1.29 is 17.9 Å². The molecule has 0 spiro atoms. The number of morpholine rings is 1. The summed E-state index contributed by atoms with van der Waals surface area (Å²) in [6.07, 6.45) is 3.88. The first kappa shape index (κ1) is 22.6. The molecular weight excluding hydrogens is 468 g/mol. The molecule has 1 saturated carbocycles. The molecule has 0 radical (unpaired) electrons. The highest BCUT2D eigenvalue weighted by atomic mass is 35.5. The highest BCUT2D eigenvalue weighted by molar-refractivity contribution is 7.91. The fourth-order valence-electron chi connectivity index (χ4n) is 5.27. The first-order valence-corrected chi connectivity index (χ1v) is 14.0. The zero-order valence-corrected chi connectivity index (χ0v) is 20.4. The molecule has 1 N–H and O–H groups in total. The van der Waals surface area contributed by atoms with E-state index in [9.17, 15) is 8.42 Å². The molecule has 1 aromatic carbocycles. The summed E-state index contributed by atoms with van der Waals surface area (Å²) >= 11 is 7.07. The minimum Gasteiger partial charge on any atom is -0.492 e. The summed E-state index contributed by atoms with van der Waals surface area (Å²) in [5.74, 6) is 1.52. The lowest BCUT2D eigenvalue weighted by Crippen LogP contribution is -2.41. The van der Waals surface area contributed by atoms with E-state index >= 15 is 0 Å². The van der Waals surface area contributed by atoms with Gasteiger partial charge in [-0.1, -0.05) is 17.7 Å². The second-order valence-electron chi connectivity index (χ2n) is 8.94. The van der Waals surface area contributed by atoms with Crippen LogP contribution in [0, 0.1) is 11.8 Å². The zero-order chi connectivity index (χ0) is 22.1. The number of fused-ring (bicyclic) bond motifs is 3. The van der Waals surface area contributed by atoms with Gasteiger partial charge in [0.25, 0.3) is 0 Å². The van der Waals surface area contributed by atoms with Crippen molar-refractivity contribution in [2.24, 2.45) is 11.8 Å². The van der Waals surface area contributed by atoms with E-state index in [2.05, 4.69) is 27.8 Å². The molecule has 3 atom stereocenters. The standard InChI is InChI=1S/C23H29ClN2O4S2/c24-21-5-6-22(31-21)32(27,28)25-23-17-1-2-18(23)14-19-15-20(4-3-16(19)13-17)30-12-9-26-7-10-29-11-8-26/h3-6,15,17-18,23,25H,1-2,7-14H2. The topological polar surface area (TPSA) is 67.9 Å².